The molecule has 1 heterocycles. The van der Waals surface area contributed by atoms with Gasteiger partial charge in [-0.05, 0) is 30.9 Å². The molecule has 2 nitrogen and oxygen atoms in total. The second kappa shape index (κ2) is 6.53. The number of hydrogen-bond donors (Lipinski definition) is 0. The molecule has 0 saturated carbocycles. The van der Waals surface area contributed by atoms with Crippen LogP contribution in [0.25, 0.3) is 0 Å². The van der Waals surface area contributed by atoms with Gasteiger partial charge in [0.05, 0.1) is 0 Å². The van der Waals surface area contributed by atoms with E-state index in [-0.39, 0.29) is 11.7 Å². The summed E-state index contributed by atoms with van der Waals surface area (Å²) in [6.45, 7) is 1.74. The Morgan fingerprint density at radius 2 is 1.78 bits per heavy atom. The zero-order valence-electron chi connectivity index (χ0n) is 10.7. The Morgan fingerprint density at radius 3 is 2.44 bits per heavy atom. The Morgan fingerprint density at radius 1 is 1.11 bits per heavy atom. The quantitative estimate of drug-likeness (QED) is 0.805. The molecule has 1 amide bonds. The van der Waals surface area contributed by atoms with Gasteiger partial charge in [-0.25, -0.2) is 4.39 Å². The van der Waals surface area contributed by atoms with Gasteiger partial charge in [0.2, 0.25) is 5.91 Å². The average molecular weight is 249 g/mol. The Balaban J connectivity index is 1.86. The molecule has 0 aromatic heterocycles. The molecular formula is C15H20FNO. The van der Waals surface area contributed by atoms with Gasteiger partial charge in [-0.2, -0.15) is 0 Å². The molecule has 1 saturated heterocycles. The average Bonchev–Trinajstić information content (AvgIpc) is 2.66. The lowest BCUT2D eigenvalue weighted by Crippen LogP contribution is -2.31. The van der Waals surface area contributed by atoms with Gasteiger partial charge in [0.25, 0.3) is 0 Å². The van der Waals surface area contributed by atoms with Crippen LogP contribution in [-0.4, -0.2) is 23.9 Å². The van der Waals surface area contributed by atoms with E-state index in [1.807, 2.05) is 11.0 Å². The minimum atomic E-state index is -0.207. The number of halogens is 1. The Kier molecular flexibility index (Phi) is 4.73. The predicted molar refractivity (Wildman–Crippen MR) is 69.8 cm³/mol. The highest BCUT2D eigenvalue weighted by atomic mass is 19.1. The summed E-state index contributed by atoms with van der Waals surface area (Å²) in [5, 5.41) is 0. The number of carbonyl (C=O) groups excluding carboxylic acids is 1. The Labute approximate surface area is 108 Å². The van der Waals surface area contributed by atoms with Crippen molar-refractivity contribution in [1.82, 2.24) is 4.90 Å². The van der Waals surface area contributed by atoms with Crippen LogP contribution in [0.2, 0.25) is 0 Å². The van der Waals surface area contributed by atoms with Gasteiger partial charge < -0.3 is 4.90 Å². The minimum Gasteiger partial charge on any atom is -0.343 e. The highest BCUT2D eigenvalue weighted by Crippen LogP contribution is 2.13. The van der Waals surface area contributed by atoms with Gasteiger partial charge in [-0.1, -0.05) is 31.0 Å². The molecule has 98 valence electrons. The van der Waals surface area contributed by atoms with Crippen LogP contribution in [0.1, 0.15) is 37.7 Å². The van der Waals surface area contributed by atoms with Crippen molar-refractivity contribution in [3.8, 4) is 0 Å². The number of likely N-dealkylation sites (tertiary alicyclic amines) is 1. The summed E-state index contributed by atoms with van der Waals surface area (Å²) in [6.07, 6.45) is 5.56. The lowest BCUT2D eigenvalue weighted by atomic mass is 10.1. The fourth-order valence-electron chi connectivity index (χ4n) is 2.42. The maximum atomic E-state index is 13.4. The second-order valence-electron chi connectivity index (χ2n) is 4.89. The maximum Gasteiger partial charge on any atom is 0.222 e. The number of carbonyl (C=O) groups is 1. The van der Waals surface area contributed by atoms with Crippen molar-refractivity contribution in [2.24, 2.45) is 0 Å². The van der Waals surface area contributed by atoms with E-state index in [0.717, 1.165) is 25.9 Å². The molecule has 0 bridgehead atoms. The number of hydrogen-bond acceptors (Lipinski definition) is 1. The molecule has 0 aliphatic carbocycles. The van der Waals surface area contributed by atoms with E-state index in [9.17, 15) is 9.18 Å². The summed E-state index contributed by atoms with van der Waals surface area (Å²) < 4.78 is 13.4. The fourth-order valence-corrected chi connectivity index (χ4v) is 2.42. The first-order valence-electron chi connectivity index (χ1n) is 6.78. The van der Waals surface area contributed by atoms with Crippen LogP contribution in [0.3, 0.4) is 0 Å². The third-order valence-electron chi connectivity index (χ3n) is 3.52. The standard InChI is InChI=1S/C15H20FNO/c16-14-8-4-3-7-13(14)9-10-15(18)17-11-5-1-2-6-12-17/h3-4,7-8H,1-2,5-6,9-12H2. The normalized spacial score (nSPS) is 16.4. The topological polar surface area (TPSA) is 20.3 Å². The lowest BCUT2D eigenvalue weighted by Gasteiger charge is -2.20. The van der Waals surface area contributed by atoms with Crippen LogP contribution in [0.15, 0.2) is 24.3 Å². The third kappa shape index (κ3) is 3.56. The molecular weight excluding hydrogens is 229 g/mol. The summed E-state index contributed by atoms with van der Waals surface area (Å²) in [4.78, 5) is 14.0. The first-order chi connectivity index (χ1) is 8.77. The van der Waals surface area contributed by atoms with Gasteiger partial charge >= 0.3 is 0 Å². The molecule has 0 atom stereocenters. The van der Waals surface area contributed by atoms with Gasteiger partial charge in [-0.3, -0.25) is 4.79 Å². The molecule has 1 aliphatic heterocycles. The van der Waals surface area contributed by atoms with E-state index in [1.165, 1.54) is 18.9 Å². The molecule has 1 aromatic carbocycles. The molecule has 18 heavy (non-hydrogen) atoms. The Bertz CT molecular complexity index is 397. The predicted octanol–water partition coefficient (Wildman–Crippen LogP) is 3.16. The van der Waals surface area contributed by atoms with E-state index in [1.54, 1.807) is 12.1 Å². The van der Waals surface area contributed by atoms with Crippen LogP contribution in [0.5, 0.6) is 0 Å². The number of amides is 1. The zero-order valence-corrected chi connectivity index (χ0v) is 10.7. The summed E-state index contributed by atoms with van der Waals surface area (Å²) in [7, 11) is 0. The van der Waals surface area contributed by atoms with E-state index < -0.39 is 0 Å². The van der Waals surface area contributed by atoms with Crippen LogP contribution >= 0.6 is 0 Å². The lowest BCUT2D eigenvalue weighted by molar-refractivity contribution is -0.131. The number of nitrogens with zero attached hydrogens (tertiary/aromatic N) is 1. The molecule has 2 rings (SSSR count). The summed E-state index contributed by atoms with van der Waals surface area (Å²) in [6, 6.07) is 6.70. The summed E-state index contributed by atoms with van der Waals surface area (Å²) >= 11 is 0. The first kappa shape index (κ1) is 13.1. The van der Waals surface area contributed by atoms with Gasteiger partial charge in [-0.15, -0.1) is 0 Å². The smallest absolute Gasteiger partial charge is 0.222 e. The van der Waals surface area contributed by atoms with Gasteiger partial charge in [0.1, 0.15) is 5.82 Å². The molecule has 0 radical (unpaired) electrons. The highest BCUT2D eigenvalue weighted by Gasteiger charge is 2.15. The fraction of sp³-hybridized carbons (Fsp3) is 0.533. The third-order valence-corrected chi connectivity index (χ3v) is 3.52. The molecule has 1 aliphatic rings. The summed E-state index contributed by atoms with van der Waals surface area (Å²) in [5.41, 5.74) is 0.640. The van der Waals surface area contributed by atoms with Crippen LogP contribution in [0, 0.1) is 5.82 Å². The largest absolute Gasteiger partial charge is 0.343 e. The molecule has 0 unspecified atom stereocenters. The minimum absolute atomic E-state index is 0.167. The Hall–Kier alpha value is -1.38. The maximum absolute atomic E-state index is 13.4. The number of rotatable bonds is 3. The van der Waals surface area contributed by atoms with Crippen molar-refractivity contribution >= 4 is 5.91 Å². The number of benzene rings is 1. The van der Waals surface area contributed by atoms with Crippen molar-refractivity contribution in [2.45, 2.75) is 38.5 Å². The monoisotopic (exact) mass is 249 g/mol. The van der Waals surface area contributed by atoms with Gasteiger partial charge in [0, 0.05) is 19.5 Å². The van der Waals surface area contributed by atoms with Gasteiger partial charge in [0.15, 0.2) is 0 Å². The summed E-state index contributed by atoms with van der Waals surface area (Å²) in [5.74, 6) is -0.0404. The molecule has 1 fully saturated rings. The van der Waals surface area contributed by atoms with Crippen molar-refractivity contribution in [2.75, 3.05) is 13.1 Å². The van der Waals surface area contributed by atoms with E-state index in [2.05, 4.69) is 0 Å². The molecule has 3 heteroatoms. The molecule has 0 N–H and O–H groups in total. The molecule has 1 aromatic rings. The van der Waals surface area contributed by atoms with E-state index >= 15 is 0 Å². The SMILES string of the molecule is O=C(CCc1ccccc1F)N1CCCCCC1. The van der Waals surface area contributed by atoms with Crippen molar-refractivity contribution in [1.29, 1.82) is 0 Å². The van der Waals surface area contributed by atoms with Crippen molar-refractivity contribution < 1.29 is 9.18 Å². The molecule has 0 spiro atoms. The first-order valence-corrected chi connectivity index (χ1v) is 6.78. The zero-order chi connectivity index (χ0) is 12.8. The number of aryl methyl sites for hydroxylation is 1. The highest BCUT2D eigenvalue weighted by molar-refractivity contribution is 5.76. The van der Waals surface area contributed by atoms with Crippen LogP contribution in [-0.2, 0) is 11.2 Å². The van der Waals surface area contributed by atoms with Crippen molar-refractivity contribution in [3.05, 3.63) is 35.6 Å². The second-order valence-corrected chi connectivity index (χ2v) is 4.89. The van der Waals surface area contributed by atoms with E-state index in [0.29, 0.717) is 18.4 Å². The van der Waals surface area contributed by atoms with Crippen LogP contribution < -0.4 is 0 Å². The van der Waals surface area contributed by atoms with Crippen molar-refractivity contribution in [3.63, 3.8) is 0 Å². The van der Waals surface area contributed by atoms with Crippen LogP contribution in [0.4, 0.5) is 4.39 Å². The van der Waals surface area contributed by atoms with E-state index in [4.69, 9.17) is 0 Å².